The molecule has 5 nitrogen and oxygen atoms in total. The Kier molecular flexibility index (Phi) is 5.58. The van der Waals surface area contributed by atoms with Crippen LogP contribution in [-0.4, -0.2) is 36.3 Å². The van der Waals surface area contributed by atoms with E-state index < -0.39 is 17.5 Å². The van der Waals surface area contributed by atoms with Gasteiger partial charge in [-0.05, 0) is 29.7 Å². The van der Waals surface area contributed by atoms with Gasteiger partial charge in [-0.15, -0.1) is 0 Å². The summed E-state index contributed by atoms with van der Waals surface area (Å²) >= 11 is 0. The lowest BCUT2D eigenvalue weighted by Crippen LogP contribution is -2.42. The summed E-state index contributed by atoms with van der Waals surface area (Å²) in [5.74, 6) is -2.80. The Hall–Kier alpha value is -2.80. The first kappa shape index (κ1) is 18.0. The molecule has 0 atom stereocenters. The van der Waals surface area contributed by atoms with Gasteiger partial charge in [-0.25, -0.2) is 8.78 Å². The molecule has 0 spiro atoms. The number of amides is 2. The van der Waals surface area contributed by atoms with Gasteiger partial charge in [-0.2, -0.15) is 0 Å². The van der Waals surface area contributed by atoms with Crippen LogP contribution in [-0.2, 0) is 22.6 Å². The molecule has 0 saturated heterocycles. The third kappa shape index (κ3) is 4.64. The van der Waals surface area contributed by atoms with Crippen LogP contribution in [0.1, 0.15) is 11.1 Å². The summed E-state index contributed by atoms with van der Waals surface area (Å²) in [6.07, 6.45) is 0.889. The van der Waals surface area contributed by atoms with Crippen LogP contribution in [0.15, 0.2) is 42.5 Å². The maximum absolute atomic E-state index is 13.1. The molecular weight excluding hydrogens is 340 g/mol. The molecule has 1 heterocycles. The molecular formula is C19H19F2N3O2. The molecule has 136 valence electrons. The van der Waals surface area contributed by atoms with Crippen molar-refractivity contribution in [3.8, 4) is 0 Å². The normalized spacial score (nSPS) is 13.8. The van der Waals surface area contributed by atoms with E-state index in [4.69, 9.17) is 0 Å². The monoisotopic (exact) mass is 359 g/mol. The van der Waals surface area contributed by atoms with Crippen LogP contribution in [0.2, 0.25) is 0 Å². The Labute approximate surface area is 150 Å². The maximum Gasteiger partial charge on any atom is 0.243 e. The Morgan fingerprint density at radius 3 is 2.54 bits per heavy atom. The topological polar surface area (TPSA) is 61.4 Å². The predicted octanol–water partition coefficient (Wildman–Crippen LogP) is 2.08. The third-order valence-electron chi connectivity index (χ3n) is 4.23. The lowest BCUT2D eigenvalue weighted by molar-refractivity contribution is -0.125. The SMILES string of the molecule is O=C(CN1CCc2ccccc2C1)NCC(=O)Nc1ccc(F)c(F)c1. The maximum atomic E-state index is 13.1. The van der Waals surface area contributed by atoms with Crippen molar-refractivity contribution in [1.29, 1.82) is 0 Å². The molecule has 2 aromatic carbocycles. The number of fused-ring (bicyclic) bond motifs is 1. The van der Waals surface area contributed by atoms with Crippen LogP contribution in [0.5, 0.6) is 0 Å². The van der Waals surface area contributed by atoms with Gasteiger partial charge in [0.05, 0.1) is 13.1 Å². The van der Waals surface area contributed by atoms with E-state index in [-0.39, 0.29) is 24.7 Å². The van der Waals surface area contributed by atoms with Crippen molar-refractivity contribution in [2.75, 3.05) is 25.0 Å². The summed E-state index contributed by atoms with van der Waals surface area (Å²) in [5, 5.41) is 4.95. The number of rotatable bonds is 5. The van der Waals surface area contributed by atoms with Crippen molar-refractivity contribution < 1.29 is 18.4 Å². The summed E-state index contributed by atoms with van der Waals surface area (Å²) in [7, 11) is 0. The van der Waals surface area contributed by atoms with E-state index in [1.54, 1.807) is 0 Å². The molecule has 0 aliphatic carbocycles. The molecule has 0 saturated carbocycles. The second-order valence-corrected chi connectivity index (χ2v) is 6.18. The van der Waals surface area contributed by atoms with Gasteiger partial charge in [0.1, 0.15) is 0 Å². The lowest BCUT2D eigenvalue weighted by Gasteiger charge is -2.28. The van der Waals surface area contributed by atoms with Gasteiger partial charge in [0.2, 0.25) is 11.8 Å². The zero-order valence-corrected chi connectivity index (χ0v) is 14.1. The summed E-state index contributed by atoms with van der Waals surface area (Å²) in [5.41, 5.74) is 2.65. The molecule has 0 aromatic heterocycles. The number of anilines is 1. The fourth-order valence-electron chi connectivity index (χ4n) is 2.91. The van der Waals surface area contributed by atoms with Crippen LogP contribution in [0.25, 0.3) is 0 Å². The Bertz CT molecular complexity index is 826. The van der Waals surface area contributed by atoms with Crippen molar-refractivity contribution in [1.82, 2.24) is 10.2 Å². The molecule has 1 aliphatic heterocycles. The molecule has 2 amide bonds. The highest BCUT2D eigenvalue weighted by molar-refractivity contribution is 5.94. The van der Waals surface area contributed by atoms with Crippen LogP contribution < -0.4 is 10.6 Å². The first-order valence-corrected chi connectivity index (χ1v) is 8.32. The van der Waals surface area contributed by atoms with E-state index in [0.29, 0.717) is 6.54 Å². The quantitative estimate of drug-likeness (QED) is 0.859. The molecule has 0 fully saturated rings. The van der Waals surface area contributed by atoms with Crippen molar-refractivity contribution in [2.24, 2.45) is 0 Å². The van der Waals surface area contributed by atoms with E-state index >= 15 is 0 Å². The minimum absolute atomic E-state index is 0.135. The van der Waals surface area contributed by atoms with Crippen LogP contribution in [0.3, 0.4) is 0 Å². The largest absolute Gasteiger partial charge is 0.346 e. The molecule has 2 N–H and O–H groups in total. The second-order valence-electron chi connectivity index (χ2n) is 6.18. The fraction of sp³-hybridized carbons (Fsp3) is 0.263. The zero-order chi connectivity index (χ0) is 18.5. The van der Waals surface area contributed by atoms with Gasteiger partial charge in [-0.3, -0.25) is 14.5 Å². The summed E-state index contributed by atoms with van der Waals surface area (Å²) in [4.78, 5) is 25.9. The highest BCUT2D eigenvalue weighted by Crippen LogP contribution is 2.18. The number of nitrogens with zero attached hydrogens (tertiary/aromatic N) is 1. The molecule has 1 aliphatic rings. The highest BCUT2D eigenvalue weighted by atomic mass is 19.2. The van der Waals surface area contributed by atoms with Gasteiger partial charge in [0.15, 0.2) is 11.6 Å². The number of carbonyl (C=O) groups is 2. The van der Waals surface area contributed by atoms with E-state index in [2.05, 4.69) is 22.8 Å². The zero-order valence-electron chi connectivity index (χ0n) is 14.1. The number of hydrogen-bond acceptors (Lipinski definition) is 3. The molecule has 0 bridgehead atoms. The Balaban J connectivity index is 1.44. The van der Waals surface area contributed by atoms with Gasteiger partial charge < -0.3 is 10.6 Å². The molecule has 7 heteroatoms. The van der Waals surface area contributed by atoms with E-state index in [0.717, 1.165) is 25.1 Å². The van der Waals surface area contributed by atoms with Crippen molar-refractivity contribution in [3.63, 3.8) is 0 Å². The van der Waals surface area contributed by atoms with Gasteiger partial charge >= 0.3 is 0 Å². The van der Waals surface area contributed by atoms with Gasteiger partial charge in [0, 0.05) is 24.8 Å². The second kappa shape index (κ2) is 8.05. The molecule has 3 rings (SSSR count). The van der Waals surface area contributed by atoms with Gasteiger partial charge in [0.25, 0.3) is 0 Å². The lowest BCUT2D eigenvalue weighted by atomic mass is 10.00. The van der Waals surface area contributed by atoms with Crippen molar-refractivity contribution >= 4 is 17.5 Å². The summed E-state index contributed by atoms with van der Waals surface area (Å²) in [6.45, 7) is 1.45. The number of hydrogen-bond donors (Lipinski definition) is 2. The average molecular weight is 359 g/mol. The molecule has 0 unspecified atom stereocenters. The number of halogens is 2. The Morgan fingerprint density at radius 2 is 1.77 bits per heavy atom. The van der Waals surface area contributed by atoms with Crippen molar-refractivity contribution in [3.05, 3.63) is 65.2 Å². The number of carbonyl (C=O) groups excluding carboxylic acids is 2. The van der Waals surface area contributed by atoms with E-state index in [1.165, 1.54) is 17.2 Å². The van der Waals surface area contributed by atoms with Crippen LogP contribution in [0.4, 0.5) is 14.5 Å². The minimum Gasteiger partial charge on any atom is -0.346 e. The first-order chi connectivity index (χ1) is 12.5. The van der Waals surface area contributed by atoms with E-state index in [9.17, 15) is 18.4 Å². The Morgan fingerprint density at radius 1 is 1.00 bits per heavy atom. The third-order valence-corrected chi connectivity index (χ3v) is 4.23. The van der Waals surface area contributed by atoms with Crippen LogP contribution in [0, 0.1) is 11.6 Å². The molecule has 0 radical (unpaired) electrons. The smallest absolute Gasteiger partial charge is 0.243 e. The van der Waals surface area contributed by atoms with E-state index in [1.807, 2.05) is 17.0 Å². The molecule has 2 aromatic rings. The number of benzene rings is 2. The predicted molar refractivity (Wildman–Crippen MR) is 93.4 cm³/mol. The average Bonchev–Trinajstić information content (AvgIpc) is 2.63. The van der Waals surface area contributed by atoms with Crippen molar-refractivity contribution in [2.45, 2.75) is 13.0 Å². The fourth-order valence-corrected chi connectivity index (χ4v) is 2.91. The summed E-state index contributed by atoms with van der Waals surface area (Å²) in [6, 6.07) is 11.2. The summed E-state index contributed by atoms with van der Waals surface area (Å²) < 4.78 is 26.0. The number of nitrogens with one attached hydrogen (secondary N) is 2. The standard InChI is InChI=1S/C19H19F2N3O2/c20-16-6-5-15(9-17(16)21)23-18(25)10-22-19(26)12-24-8-7-13-3-1-2-4-14(13)11-24/h1-6,9H,7-8,10-12H2,(H,22,26)(H,23,25). The molecule has 26 heavy (non-hydrogen) atoms. The highest BCUT2D eigenvalue weighted by Gasteiger charge is 2.18. The first-order valence-electron chi connectivity index (χ1n) is 8.32. The van der Waals surface area contributed by atoms with Gasteiger partial charge in [-0.1, -0.05) is 24.3 Å². The van der Waals surface area contributed by atoms with Crippen LogP contribution >= 0.6 is 0 Å². The minimum atomic E-state index is -1.04.